The van der Waals surface area contributed by atoms with Crippen LogP contribution in [0.25, 0.3) is 0 Å². The highest BCUT2D eigenvalue weighted by Crippen LogP contribution is 2.26. The molecule has 0 unspecified atom stereocenters. The summed E-state index contributed by atoms with van der Waals surface area (Å²) in [6, 6.07) is 7.75. The third-order valence-electron chi connectivity index (χ3n) is 2.48. The molecule has 18 heavy (non-hydrogen) atoms. The van der Waals surface area contributed by atoms with Crippen molar-refractivity contribution in [1.29, 1.82) is 0 Å². The minimum Gasteiger partial charge on any atom is -0.343 e. The van der Waals surface area contributed by atoms with Crippen molar-refractivity contribution in [1.82, 2.24) is 15.5 Å². The molecule has 0 spiro atoms. The van der Waals surface area contributed by atoms with E-state index < -0.39 is 12.5 Å². The molecule has 1 heterocycles. The van der Waals surface area contributed by atoms with E-state index in [1.165, 1.54) is 18.5 Å². The van der Waals surface area contributed by atoms with Gasteiger partial charge in [-0.3, -0.25) is 0 Å². The van der Waals surface area contributed by atoms with E-state index in [0.29, 0.717) is 18.8 Å². The van der Waals surface area contributed by atoms with E-state index in [9.17, 15) is 8.78 Å². The summed E-state index contributed by atoms with van der Waals surface area (Å²) >= 11 is 0. The molecular weight excluding hydrogens is 240 g/mol. The van der Waals surface area contributed by atoms with Crippen molar-refractivity contribution in [2.24, 2.45) is 0 Å². The summed E-state index contributed by atoms with van der Waals surface area (Å²) in [4.78, 5) is 3.80. The molecule has 6 heteroatoms. The summed E-state index contributed by atoms with van der Waals surface area (Å²) in [7, 11) is 0. The van der Waals surface area contributed by atoms with Crippen LogP contribution in [0.1, 0.15) is 11.4 Å². The Hall–Kier alpha value is -1.82. The number of nitrogens with one attached hydrogen (secondary N) is 1. The molecule has 0 bridgehead atoms. The third kappa shape index (κ3) is 3.33. The number of nitrogens with zero attached hydrogens (tertiary/aromatic N) is 2. The summed E-state index contributed by atoms with van der Waals surface area (Å²) in [5, 5.41) is 6.29. The van der Waals surface area contributed by atoms with Crippen LogP contribution >= 0.6 is 0 Å². The van der Waals surface area contributed by atoms with Gasteiger partial charge >= 0.3 is 0 Å². The summed E-state index contributed by atoms with van der Waals surface area (Å²) in [5.74, 6) is -2.37. The predicted molar refractivity (Wildman–Crippen MR) is 61.2 cm³/mol. The van der Waals surface area contributed by atoms with Crippen LogP contribution in [0.15, 0.2) is 41.2 Å². The van der Waals surface area contributed by atoms with Gasteiger partial charge in [0, 0.05) is 18.5 Å². The fourth-order valence-corrected chi connectivity index (χ4v) is 1.53. The Balaban J connectivity index is 1.79. The molecule has 2 aromatic rings. The van der Waals surface area contributed by atoms with Gasteiger partial charge in [-0.05, 0) is 0 Å². The molecule has 0 aliphatic rings. The molecule has 0 fully saturated rings. The van der Waals surface area contributed by atoms with E-state index in [2.05, 4.69) is 20.0 Å². The fourth-order valence-electron chi connectivity index (χ4n) is 1.53. The number of hydrogen-bond donors (Lipinski definition) is 1. The van der Waals surface area contributed by atoms with Gasteiger partial charge in [-0.2, -0.15) is 13.8 Å². The van der Waals surface area contributed by atoms with Gasteiger partial charge in [0.1, 0.15) is 0 Å². The van der Waals surface area contributed by atoms with Gasteiger partial charge in [-0.1, -0.05) is 35.5 Å². The summed E-state index contributed by atoms with van der Waals surface area (Å²) in [6.07, 6.45) is 1.68. The van der Waals surface area contributed by atoms with Crippen molar-refractivity contribution in [3.63, 3.8) is 0 Å². The van der Waals surface area contributed by atoms with E-state index in [4.69, 9.17) is 0 Å². The minimum atomic E-state index is -2.88. The van der Waals surface area contributed by atoms with Crippen LogP contribution in [0.2, 0.25) is 0 Å². The Kier molecular flexibility index (Phi) is 3.99. The number of rotatable bonds is 6. The van der Waals surface area contributed by atoms with E-state index in [-0.39, 0.29) is 5.56 Å². The zero-order chi connectivity index (χ0) is 12.8. The van der Waals surface area contributed by atoms with Crippen molar-refractivity contribution < 1.29 is 13.3 Å². The number of halogens is 2. The van der Waals surface area contributed by atoms with E-state index >= 15 is 0 Å². The van der Waals surface area contributed by atoms with Crippen molar-refractivity contribution in [3.8, 4) is 0 Å². The first-order chi connectivity index (χ1) is 8.68. The van der Waals surface area contributed by atoms with E-state index in [1.54, 1.807) is 18.2 Å². The Morgan fingerprint density at radius 2 is 2.00 bits per heavy atom. The number of hydrogen-bond acceptors (Lipinski definition) is 4. The van der Waals surface area contributed by atoms with Crippen LogP contribution in [-0.4, -0.2) is 23.2 Å². The van der Waals surface area contributed by atoms with Crippen LogP contribution in [0, 0.1) is 0 Å². The molecule has 2 rings (SSSR count). The van der Waals surface area contributed by atoms with Crippen LogP contribution in [0.3, 0.4) is 0 Å². The second kappa shape index (κ2) is 5.68. The molecule has 0 saturated heterocycles. The van der Waals surface area contributed by atoms with Crippen LogP contribution in [0.4, 0.5) is 8.78 Å². The first kappa shape index (κ1) is 12.6. The van der Waals surface area contributed by atoms with Crippen LogP contribution in [-0.2, 0) is 12.3 Å². The monoisotopic (exact) mass is 253 g/mol. The third-order valence-corrected chi connectivity index (χ3v) is 2.48. The van der Waals surface area contributed by atoms with Gasteiger partial charge in [0.15, 0.2) is 5.82 Å². The van der Waals surface area contributed by atoms with Crippen LogP contribution < -0.4 is 5.32 Å². The zero-order valence-corrected chi connectivity index (χ0v) is 9.64. The highest BCUT2D eigenvalue weighted by molar-refractivity contribution is 5.20. The second-order valence-electron chi connectivity index (χ2n) is 3.84. The Bertz CT molecular complexity index is 459. The molecule has 0 atom stereocenters. The first-order valence-electron chi connectivity index (χ1n) is 5.58. The lowest BCUT2D eigenvalue weighted by Gasteiger charge is -2.17. The largest absolute Gasteiger partial charge is 0.343 e. The fraction of sp³-hybridized carbons (Fsp3) is 0.333. The van der Waals surface area contributed by atoms with E-state index in [1.807, 2.05) is 0 Å². The maximum absolute atomic E-state index is 13.7. The highest BCUT2D eigenvalue weighted by atomic mass is 19.3. The van der Waals surface area contributed by atoms with Crippen molar-refractivity contribution in [2.75, 3.05) is 13.1 Å². The smallest absolute Gasteiger partial charge is 0.285 e. The molecule has 1 N–H and O–H groups in total. The first-order valence-corrected chi connectivity index (χ1v) is 5.58. The van der Waals surface area contributed by atoms with Crippen molar-refractivity contribution in [3.05, 3.63) is 48.1 Å². The average molecular weight is 253 g/mol. The standard InChI is InChI=1S/C12H13F2N3O/c13-12(14,10-4-2-1-3-5-10)8-15-7-6-11-16-9-18-17-11/h1-5,9,15H,6-8H2. The lowest BCUT2D eigenvalue weighted by molar-refractivity contribution is -0.00289. The number of benzene rings is 1. The van der Waals surface area contributed by atoms with Crippen molar-refractivity contribution in [2.45, 2.75) is 12.3 Å². The molecule has 0 radical (unpaired) electrons. The molecular formula is C12H13F2N3O. The lowest BCUT2D eigenvalue weighted by atomic mass is 10.1. The van der Waals surface area contributed by atoms with Gasteiger partial charge in [0.25, 0.3) is 5.92 Å². The zero-order valence-electron chi connectivity index (χ0n) is 9.64. The maximum Gasteiger partial charge on any atom is 0.285 e. The molecule has 1 aromatic carbocycles. The Labute approximate surface area is 103 Å². The topological polar surface area (TPSA) is 51.0 Å². The number of aromatic nitrogens is 2. The summed E-state index contributed by atoms with van der Waals surface area (Å²) in [6.45, 7) is -0.0309. The van der Waals surface area contributed by atoms with Gasteiger partial charge < -0.3 is 9.84 Å². The SMILES string of the molecule is FC(F)(CNCCc1ncon1)c1ccccc1. The lowest BCUT2D eigenvalue weighted by Crippen LogP contribution is -2.32. The minimum absolute atomic E-state index is 0.0112. The highest BCUT2D eigenvalue weighted by Gasteiger charge is 2.30. The van der Waals surface area contributed by atoms with Gasteiger partial charge in [-0.15, -0.1) is 0 Å². The van der Waals surface area contributed by atoms with Crippen LogP contribution in [0.5, 0.6) is 0 Å². The average Bonchev–Trinajstić information content (AvgIpc) is 2.89. The molecule has 0 aliphatic carbocycles. The molecule has 1 aromatic heterocycles. The van der Waals surface area contributed by atoms with Crippen molar-refractivity contribution >= 4 is 0 Å². The predicted octanol–water partition coefficient (Wildman–Crippen LogP) is 1.99. The normalized spacial score (nSPS) is 11.7. The molecule has 0 amide bonds. The maximum atomic E-state index is 13.7. The van der Waals surface area contributed by atoms with E-state index in [0.717, 1.165) is 0 Å². The summed E-state index contributed by atoms with van der Waals surface area (Å²) in [5.41, 5.74) is 0.0112. The van der Waals surface area contributed by atoms with Gasteiger partial charge in [0.05, 0.1) is 6.54 Å². The van der Waals surface area contributed by atoms with Gasteiger partial charge in [0.2, 0.25) is 6.39 Å². The molecule has 0 saturated carbocycles. The molecule has 0 aliphatic heterocycles. The Morgan fingerprint density at radius 1 is 1.22 bits per heavy atom. The second-order valence-corrected chi connectivity index (χ2v) is 3.84. The Morgan fingerprint density at radius 3 is 2.67 bits per heavy atom. The van der Waals surface area contributed by atoms with Gasteiger partial charge in [-0.25, -0.2) is 0 Å². The molecule has 96 valence electrons. The molecule has 4 nitrogen and oxygen atoms in total. The number of alkyl halides is 2. The quantitative estimate of drug-likeness (QED) is 0.800. The summed E-state index contributed by atoms with van der Waals surface area (Å²) < 4.78 is 32.0.